The average Bonchev–Trinajstić information content (AvgIpc) is 2.48. The van der Waals surface area contributed by atoms with Crippen LogP contribution in [0.4, 0.5) is 4.39 Å². The van der Waals surface area contributed by atoms with E-state index >= 15 is 0 Å². The molecule has 0 unspecified atom stereocenters. The maximum absolute atomic E-state index is 14.1. The second-order valence-electron chi connectivity index (χ2n) is 4.99. The van der Waals surface area contributed by atoms with Crippen molar-refractivity contribution in [3.05, 3.63) is 28.5 Å². The summed E-state index contributed by atoms with van der Waals surface area (Å²) in [6.45, 7) is 1.38. The molecule has 1 heterocycles. The van der Waals surface area contributed by atoms with Gasteiger partial charge in [0.25, 0.3) is 0 Å². The third-order valence-electron chi connectivity index (χ3n) is 3.49. The zero-order valence-corrected chi connectivity index (χ0v) is 13.0. The molecule has 0 radical (unpaired) electrons. The number of ether oxygens (including phenoxy) is 1. The topological polar surface area (TPSA) is 81.4 Å². The lowest BCUT2D eigenvalue weighted by molar-refractivity contribution is 0.0678. The van der Waals surface area contributed by atoms with Crippen LogP contribution in [-0.2, 0) is 21.3 Å². The molecule has 1 aromatic rings. The Morgan fingerprint density at radius 2 is 2.05 bits per heavy atom. The summed E-state index contributed by atoms with van der Waals surface area (Å²) in [5.41, 5.74) is 5.47. The van der Waals surface area contributed by atoms with Crippen LogP contribution in [0.15, 0.2) is 17.0 Å². The number of hydrogen-bond donors (Lipinski definition) is 2. The first kappa shape index (κ1) is 16.6. The minimum absolute atomic E-state index is 0.0777. The molecule has 0 aromatic heterocycles. The molecule has 8 heteroatoms. The molecule has 1 aliphatic rings. The highest BCUT2D eigenvalue weighted by atomic mass is 35.5. The molecule has 0 bridgehead atoms. The maximum atomic E-state index is 14.1. The number of nitrogens with two attached hydrogens (primary N) is 1. The Kier molecular flexibility index (Phi) is 5.56. The van der Waals surface area contributed by atoms with Gasteiger partial charge in [-0.15, -0.1) is 0 Å². The molecule has 1 fully saturated rings. The van der Waals surface area contributed by atoms with Crippen molar-refractivity contribution in [2.45, 2.75) is 24.3 Å². The zero-order chi connectivity index (χ0) is 15.5. The van der Waals surface area contributed by atoms with E-state index in [2.05, 4.69) is 4.72 Å². The highest BCUT2D eigenvalue weighted by Crippen LogP contribution is 2.24. The van der Waals surface area contributed by atoms with Gasteiger partial charge in [0.1, 0.15) is 10.7 Å². The molecule has 2 rings (SSSR count). The molecule has 1 aliphatic heterocycles. The van der Waals surface area contributed by atoms with Crippen LogP contribution < -0.4 is 10.5 Å². The number of rotatable bonds is 5. The van der Waals surface area contributed by atoms with Crippen molar-refractivity contribution < 1.29 is 17.5 Å². The molecular formula is C13H18ClFN2O3S. The number of hydrogen-bond acceptors (Lipinski definition) is 4. The van der Waals surface area contributed by atoms with E-state index in [0.29, 0.717) is 13.2 Å². The Balaban J connectivity index is 2.17. The monoisotopic (exact) mass is 336 g/mol. The SMILES string of the molecule is NCc1cc(Cl)cc(S(=O)(=O)NCC2CCOCC2)c1F. The van der Waals surface area contributed by atoms with Crippen molar-refractivity contribution in [2.75, 3.05) is 19.8 Å². The number of halogens is 2. The van der Waals surface area contributed by atoms with Gasteiger partial charge in [-0.3, -0.25) is 0 Å². The van der Waals surface area contributed by atoms with Gasteiger partial charge in [0.15, 0.2) is 0 Å². The third-order valence-corrected chi connectivity index (χ3v) is 5.13. The summed E-state index contributed by atoms with van der Waals surface area (Å²) in [7, 11) is -3.95. The van der Waals surface area contributed by atoms with Crippen LogP contribution in [0.3, 0.4) is 0 Å². The minimum atomic E-state index is -3.95. The standard InChI is InChI=1S/C13H18ClFN2O3S/c14-11-5-10(7-16)13(15)12(6-11)21(18,19)17-8-9-1-3-20-4-2-9/h5-6,9,17H,1-4,7-8,16H2. The number of sulfonamides is 1. The second kappa shape index (κ2) is 7.02. The first-order chi connectivity index (χ1) is 9.94. The second-order valence-corrected chi connectivity index (χ2v) is 7.16. The van der Waals surface area contributed by atoms with Crippen LogP contribution in [0.25, 0.3) is 0 Å². The van der Waals surface area contributed by atoms with E-state index in [1.54, 1.807) is 0 Å². The van der Waals surface area contributed by atoms with Gasteiger partial charge < -0.3 is 10.5 Å². The van der Waals surface area contributed by atoms with Crippen molar-refractivity contribution in [3.8, 4) is 0 Å². The molecule has 0 atom stereocenters. The predicted molar refractivity (Wildman–Crippen MR) is 78.0 cm³/mol. The lowest BCUT2D eigenvalue weighted by atomic mass is 10.0. The van der Waals surface area contributed by atoms with Gasteiger partial charge in [0, 0.05) is 36.9 Å². The molecule has 1 aromatic carbocycles. The largest absolute Gasteiger partial charge is 0.381 e. The van der Waals surface area contributed by atoms with Gasteiger partial charge in [-0.1, -0.05) is 11.6 Å². The quantitative estimate of drug-likeness (QED) is 0.856. The van der Waals surface area contributed by atoms with Crippen LogP contribution in [0.5, 0.6) is 0 Å². The Morgan fingerprint density at radius 3 is 2.67 bits per heavy atom. The summed E-state index contributed by atoms with van der Waals surface area (Å²) in [5, 5.41) is 0.142. The minimum Gasteiger partial charge on any atom is -0.381 e. The molecular weight excluding hydrogens is 319 g/mol. The fourth-order valence-electron chi connectivity index (χ4n) is 2.22. The molecule has 0 amide bonds. The van der Waals surface area contributed by atoms with Crippen molar-refractivity contribution >= 4 is 21.6 Å². The van der Waals surface area contributed by atoms with E-state index < -0.39 is 20.7 Å². The summed E-state index contributed by atoms with van der Waals surface area (Å²) in [5.74, 6) is -0.647. The van der Waals surface area contributed by atoms with Gasteiger partial charge in [-0.2, -0.15) is 0 Å². The molecule has 118 valence electrons. The zero-order valence-electron chi connectivity index (χ0n) is 11.4. The summed E-state index contributed by atoms with van der Waals surface area (Å²) in [6.07, 6.45) is 1.57. The van der Waals surface area contributed by atoms with Crippen molar-refractivity contribution in [3.63, 3.8) is 0 Å². The van der Waals surface area contributed by atoms with Crippen LogP contribution in [0.2, 0.25) is 5.02 Å². The molecule has 3 N–H and O–H groups in total. The van der Waals surface area contributed by atoms with Crippen LogP contribution in [-0.4, -0.2) is 28.2 Å². The molecule has 0 saturated carbocycles. The highest BCUT2D eigenvalue weighted by Gasteiger charge is 2.24. The van der Waals surface area contributed by atoms with E-state index in [0.717, 1.165) is 18.9 Å². The summed E-state index contributed by atoms with van der Waals surface area (Å²) >= 11 is 5.82. The number of benzene rings is 1. The number of nitrogens with one attached hydrogen (secondary N) is 1. The molecule has 0 spiro atoms. The third kappa shape index (κ3) is 4.14. The van der Waals surface area contributed by atoms with E-state index in [-0.39, 0.29) is 29.6 Å². The summed E-state index contributed by atoms with van der Waals surface area (Å²) < 4.78 is 46.3. The predicted octanol–water partition coefficient (Wildman–Crippen LogP) is 1.64. The van der Waals surface area contributed by atoms with Gasteiger partial charge in [0.2, 0.25) is 10.0 Å². The van der Waals surface area contributed by atoms with E-state index in [1.165, 1.54) is 6.07 Å². The molecule has 0 aliphatic carbocycles. The first-order valence-electron chi connectivity index (χ1n) is 6.69. The van der Waals surface area contributed by atoms with Crippen molar-refractivity contribution in [2.24, 2.45) is 11.7 Å². The van der Waals surface area contributed by atoms with Gasteiger partial charge in [0.05, 0.1) is 0 Å². The Hall–Kier alpha value is -0.730. The van der Waals surface area contributed by atoms with Gasteiger partial charge in [-0.05, 0) is 30.9 Å². The lowest BCUT2D eigenvalue weighted by Gasteiger charge is -2.22. The van der Waals surface area contributed by atoms with E-state index in [9.17, 15) is 12.8 Å². The van der Waals surface area contributed by atoms with Gasteiger partial charge >= 0.3 is 0 Å². The van der Waals surface area contributed by atoms with Crippen LogP contribution >= 0.6 is 11.6 Å². The normalized spacial score (nSPS) is 17.1. The Labute approximate surface area is 128 Å². The Bertz CT molecular complexity index is 604. The van der Waals surface area contributed by atoms with Crippen LogP contribution in [0, 0.1) is 11.7 Å². The fraction of sp³-hybridized carbons (Fsp3) is 0.538. The van der Waals surface area contributed by atoms with Crippen molar-refractivity contribution in [1.29, 1.82) is 0 Å². The molecule has 5 nitrogen and oxygen atoms in total. The average molecular weight is 337 g/mol. The fourth-order valence-corrected chi connectivity index (χ4v) is 3.78. The Morgan fingerprint density at radius 1 is 1.38 bits per heavy atom. The van der Waals surface area contributed by atoms with E-state index in [1.807, 2.05) is 0 Å². The van der Waals surface area contributed by atoms with Gasteiger partial charge in [-0.25, -0.2) is 17.5 Å². The smallest absolute Gasteiger partial charge is 0.243 e. The highest BCUT2D eigenvalue weighted by molar-refractivity contribution is 7.89. The molecule has 1 saturated heterocycles. The summed E-state index contributed by atoms with van der Waals surface area (Å²) in [6, 6.07) is 2.43. The molecule has 21 heavy (non-hydrogen) atoms. The van der Waals surface area contributed by atoms with Crippen LogP contribution in [0.1, 0.15) is 18.4 Å². The van der Waals surface area contributed by atoms with E-state index in [4.69, 9.17) is 22.1 Å². The first-order valence-corrected chi connectivity index (χ1v) is 8.55. The lowest BCUT2D eigenvalue weighted by Crippen LogP contribution is -2.32. The van der Waals surface area contributed by atoms with Crippen molar-refractivity contribution in [1.82, 2.24) is 4.72 Å². The summed E-state index contributed by atoms with van der Waals surface area (Å²) in [4.78, 5) is -0.456. The maximum Gasteiger partial charge on any atom is 0.243 e.